The molecule has 0 bridgehead atoms. The van der Waals surface area contributed by atoms with Gasteiger partial charge in [-0.05, 0) is 37.6 Å². The van der Waals surface area contributed by atoms with Crippen LogP contribution in [0.3, 0.4) is 0 Å². The lowest BCUT2D eigenvalue weighted by molar-refractivity contribution is -0.117. The molecule has 0 radical (unpaired) electrons. The summed E-state index contributed by atoms with van der Waals surface area (Å²) < 4.78 is 4.28. The first-order chi connectivity index (χ1) is 8.31. The second kappa shape index (κ2) is 5.31. The fourth-order valence-corrected chi connectivity index (χ4v) is 1.17. The summed E-state index contributed by atoms with van der Waals surface area (Å²) in [5.74, 6) is -2.32. The van der Waals surface area contributed by atoms with Crippen molar-refractivity contribution >= 4 is 17.9 Å². The van der Waals surface area contributed by atoms with Crippen molar-refractivity contribution in [3.8, 4) is 0 Å². The number of cyclic esters (lactones) is 1. The van der Waals surface area contributed by atoms with E-state index in [4.69, 9.17) is 10.2 Å². The SMILES string of the molecule is CC1OC1=O.Cc1cc(C(=O)O)cc(C(=O)O)c1. The summed E-state index contributed by atoms with van der Waals surface area (Å²) >= 11 is 0. The molecule has 0 aromatic heterocycles. The van der Waals surface area contributed by atoms with Crippen LogP contribution in [0.5, 0.6) is 0 Å². The summed E-state index contributed by atoms with van der Waals surface area (Å²) in [7, 11) is 0. The molecule has 0 amide bonds. The highest BCUT2D eigenvalue weighted by molar-refractivity contribution is 5.94. The van der Waals surface area contributed by atoms with Gasteiger partial charge in [0, 0.05) is 0 Å². The van der Waals surface area contributed by atoms with E-state index in [9.17, 15) is 14.4 Å². The Morgan fingerprint density at radius 2 is 1.44 bits per heavy atom. The Morgan fingerprint density at radius 3 is 1.67 bits per heavy atom. The maximum Gasteiger partial charge on any atom is 0.347 e. The quantitative estimate of drug-likeness (QED) is 0.769. The summed E-state index contributed by atoms with van der Waals surface area (Å²) in [5, 5.41) is 17.2. The first-order valence-corrected chi connectivity index (χ1v) is 5.10. The van der Waals surface area contributed by atoms with Crippen LogP contribution in [0.1, 0.15) is 33.2 Å². The van der Waals surface area contributed by atoms with Crippen LogP contribution in [0.2, 0.25) is 0 Å². The van der Waals surface area contributed by atoms with Crippen LogP contribution < -0.4 is 0 Å². The fourth-order valence-electron chi connectivity index (χ4n) is 1.17. The number of carboxylic acids is 2. The molecule has 96 valence electrons. The Labute approximate surface area is 103 Å². The highest BCUT2D eigenvalue weighted by Gasteiger charge is 2.31. The van der Waals surface area contributed by atoms with E-state index in [1.54, 1.807) is 13.8 Å². The smallest absolute Gasteiger partial charge is 0.347 e. The van der Waals surface area contributed by atoms with Gasteiger partial charge in [0.05, 0.1) is 11.1 Å². The predicted molar refractivity (Wildman–Crippen MR) is 60.7 cm³/mol. The number of hydrogen-bond acceptors (Lipinski definition) is 4. The topological polar surface area (TPSA) is 104 Å². The van der Waals surface area contributed by atoms with Crippen LogP contribution >= 0.6 is 0 Å². The van der Waals surface area contributed by atoms with Gasteiger partial charge in [-0.25, -0.2) is 14.4 Å². The van der Waals surface area contributed by atoms with E-state index in [-0.39, 0.29) is 23.2 Å². The van der Waals surface area contributed by atoms with Gasteiger partial charge in [0.2, 0.25) is 0 Å². The number of ether oxygens (including phenoxy) is 1. The van der Waals surface area contributed by atoms with Crippen molar-refractivity contribution in [3.05, 3.63) is 34.9 Å². The van der Waals surface area contributed by atoms with Gasteiger partial charge in [0.1, 0.15) is 0 Å². The number of rotatable bonds is 2. The summed E-state index contributed by atoms with van der Waals surface area (Å²) in [6.07, 6.45) is -0.0880. The van der Waals surface area contributed by atoms with Crippen LogP contribution in [-0.4, -0.2) is 34.2 Å². The van der Waals surface area contributed by atoms with Gasteiger partial charge >= 0.3 is 17.9 Å². The Balaban J connectivity index is 0.000000269. The van der Waals surface area contributed by atoms with Gasteiger partial charge in [0.15, 0.2) is 6.10 Å². The molecule has 18 heavy (non-hydrogen) atoms. The van der Waals surface area contributed by atoms with E-state index in [0.717, 1.165) is 6.07 Å². The third-order valence-electron chi connectivity index (χ3n) is 2.14. The van der Waals surface area contributed by atoms with Crippen molar-refractivity contribution in [2.24, 2.45) is 0 Å². The van der Waals surface area contributed by atoms with Crippen molar-refractivity contribution in [2.45, 2.75) is 20.0 Å². The predicted octanol–water partition coefficient (Wildman–Crippen LogP) is 1.32. The van der Waals surface area contributed by atoms with Gasteiger partial charge in [-0.3, -0.25) is 0 Å². The minimum atomic E-state index is -1.12. The van der Waals surface area contributed by atoms with Gasteiger partial charge < -0.3 is 14.9 Å². The first-order valence-electron chi connectivity index (χ1n) is 5.10. The maximum atomic E-state index is 10.5. The average molecular weight is 252 g/mol. The van der Waals surface area contributed by atoms with E-state index in [1.165, 1.54) is 12.1 Å². The lowest BCUT2D eigenvalue weighted by atomic mass is 10.1. The summed E-state index contributed by atoms with van der Waals surface area (Å²) in [4.78, 5) is 30.7. The van der Waals surface area contributed by atoms with Crippen molar-refractivity contribution in [1.29, 1.82) is 0 Å². The van der Waals surface area contributed by atoms with Crippen LogP contribution in [-0.2, 0) is 9.53 Å². The molecule has 1 heterocycles. The largest absolute Gasteiger partial charge is 0.478 e. The maximum absolute atomic E-state index is 10.5. The molecular formula is C12H12O6. The van der Waals surface area contributed by atoms with Gasteiger partial charge in [-0.1, -0.05) is 0 Å². The summed E-state index contributed by atoms with van der Waals surface area (Å²) in [5.41, 5.74) is 0.618. The highest BCUT2D eigenvalue weighted by Crippen LogP contribution is 2.09. The molecule has 2 rings (SSSR count). The van der Waals surface area contributed by atoms with Gasteiger partial charge in [-0.15, -0.1) is 0 Å². The van der Waals surface area contributed by atoms with Crippen LogP contribution in [0.4, 0.5) is 0 Å². The van der Waals surface area contributed by atoms with Crippen LogP contribution in [0, 0.1) is 6.92 Å². The van der Waals surface area contributed by atoms with Gasteiger partial charge in [-0.2, -0.15) is 0 Å². The molecular weight excluding hydrogens is 240 g/mol. The van der Waals surface area contributed by atoms with E-state index in [0.29, 0.717) is 5.56 Å². The van der Waals surface area contributed by atoms with Crippen LogP contribution in [0.15, 0.2) is 18.2 Å². The normalized spacial score (nSPS) is 16.1. The van der Waals surface area contributed by atoms with E-state index < -0.39 is 11.9 Å². The number of hydrogen-bond donors (Lipinski definition) is 2. The number of carboxylic acid groups (broad SMARTS) is 2. The molecule has 0 aliphatic carbocycles. The molecule has 1 aromatic rings. The molecule has 0 spiro atoms. The third kappa shape index (κ3) is 3.89. The standard InChI is InChI=1S/C9H8O4.C3H4O2/c1-5-2-6(8(10)11)4-7(3-5)9(12)13;1-2-3(4)5-2/h2-4H,1H3,(H,10,11)(H,12,13);2H,1H3. The third-order valence-corrected chi connectivity index (χ3v) is 2.14. The Bertz CT molecular complexity index is 473. The Morgan fingerprint density at radius 1 is 1.11 bits per heavy atom. The van der Waals surface area contributed by atoms with E-state index in [2.05, 4.69) is 4.74 Å². The number of carbonyl (C=O) groups is 3. The number of epoxide rings is 1. The molecule has 6 nitrogen and oxygen atoms in total. The second-order valence-electron chi connectivity index (χ2n) is 3.78. The molecule has 1 aliphatic heterocycles. The minimum absolute atomic E-state index is 0.00241. The van der Waals surface area contributed by atoms with Crippen molar-refractivity contribution in [1.82, 2.24) is 0 Å². The van der Waals surface area contributed by atoms with E-state index in [1.807, 2.05) is 0 Å². The monoisotopic (exact) mass is 252 g/mol. The van der Waals surface area contributed by atoms with E-state index >= 15 is 0 Å². The Kier molecular flexibility index (Phi) is 4.04. The number of carbonyl (C=O) groups excluding carboxylic acids is 1. The average Bonchev–Trinajstić information content (AvgIpc) is 2.91. The summed E-state index contributed by atoms with van der Waals surface area (Å²) in [6, 6.07) is 3.99. The zero-order valence-electron chi connectivity index (χ0n) is 9.84. The molecule has 1 aliphatic rings. The van der Waals surface area contributed by atoms with Crippen molar-refractivity contribution in [2.75, 3.05) is 0 Å². The first kappa shape index (κ1) is 13.7. The zero-order valence-corrected chi connectivity index (χ0v) is 9.84. The number of aryl methyl sites for hydroxylation is 1. The Hall–Kier alpha value is -2.37. The lowest BCUT2D eigenvalue weighted by Crippen LogP contribution is -2.02. The fraction of sp³-hybridized carbons (Fsp3) is 0.250. The molecule has 1 unspecified atom stereocenters. The summed E-state index contributed by atoms with van der Waals surface area (Å²) in [6.45, 7) is 3.38. The molecule has 6 heteroatoms. The number of aromatic carboxylic acids is 2. The number of benzene rings is 1. The lowest BCUT2D eigenvalue weighted by Gasteiger charge is -1.99. The highest BCUT2D eigenvalue weighted by atomic mass is 16.6. The molecule has 1 saturated heterocycles. The molecule has 2 N–H and O–H groups in total. The van der Waals surface area contributed by atoms with Crippen molar-refractivity contribution in [3.63, 3.8) is 0 Å². The molecule has 0 saturated carbocycles. The molecule has 1 fully saturated rings. The van der Waals surface area contributed by atoms with Crippen LogP contribution in [0.25, 0.3) is 0 Å². The molecule has 1 aromatic carbocycles. The minimum Gasteiger partial charge on any atom is -0.478 e. The second-order valence-corrected chi connectivity index (χ2v) is 3.78. The van der Waals surface area contributed by atoms with Gasteiger partial charge in [0.25, 0.3) is 0 Å². The molecule has 1 atom stereocenters. The zero-order chi connectivity index (χ0) is 13.9. The van der Waals surface area contributed by atoms with Crippen molar-refractivity contribution < 1.29 is 29.3 Å².